The van der Waals surface area contributed by atoms with Crippen LogP contribution in [0.3, 0.4) is 0 Å². The highest BCUT2D eigenvalue weighted by molar-refractivity contribution is 6.29. The molecule has 4 heteroatoms. The first kappa shape index (κ1) is 11.8. The van der Waals surface area contributed by atoms with Crippen molar-refractivity contribution in [2.45, 2.75) is 25.4 Å². The van der Waals surface area contributed by atoms with Crippen molar-refractivity contribution in [1.82, 2.24) is 15.2 Å². The Kier molecular flexibility index (Phi) is 4.16. The van der Waals surface area contributed by atoms with Crippen molar-refractivity contribution in [3.8, 4) is 0 Å². The molecule has 0 aliphatic carbocycles. The largest absolute Gasteiger partial charge is 0.313 e. The second-order valence-electron chi connectivity index (χ2n) is 4.48. The molecule has 1 N–H and O–H groups in total. The number of pyridine rings is 1. The van der Waals surface area contributed by atoms with E-state index in [-0.39, 0.29) is 0 Å². The average molecular weight is 240 g/mol. The number of rotatable bonds is 4. The SMILES string of the molecule is CN(Cc1ccc(Cl)nc1)C[C@@H]1CCCN1. The predicted octanol–water partition coefficient (Wildman–Crippen LogP) is 1.92. The number of nitrogens with zero attached hydrogens (tertiary/aromatic N) is 2. The van der Waals surface area contributed by atoms with Crippen LogP contribution in [0.1, 0.15) is 18.4 Å². The van der Waals surface area contributed by atoms with Gasteiger partial charge in [-0.2, -0.15) is 0 Å². The highest BCUT2D eigenvalue weighted by Crippen LogP contribution is 2.10. The van der Waals surface area contributed by atoms with Crippen LogP contribution in [0, 0.1) is 0 Å². The molecule has 0 unspecified atom stereocenters. The van der Waals surface area contributed by atoms with E-state index in [1.165, 1.54) is 24.9 Å². The van der Waals surface area contributed by atoms with Gasteiger partial charge in [0.05, 0.1) is 0 Å². The molecule has 1 aromatic rings. The minimum Gasteiger partial charge on any atom is -0.313 e. The van der Waals surface area contributed by atoms with E-state index in [2.05, 4.69) is 22.2 Å². The lowest BCUT2D eigenvalue weighted by molar-refractivity contribution is 0.293. The maximum atomic E-state index is 5.75. The van der Waals surface area contributed by atoms with Crippen LogP contribution in [-0.2, 0) is 6.54 Å². The lowest BCUT2D eigenvalue weighted by atomic mass is 10.2. The number of likely N-dealkylation sites (N-methyl/N-ethyl adjacent to an activating group) is 1. The van der Waals surface area contributed by atoms with Gasteiger partial charge < -0.3 is 10.2 Å². The Labute approximate surface area is 102 Å². The fourth-order valence-electron chi connectivity index (χ4n) is 2.16. The second kappa shape index (κ2) is 5.62. The van der Waals surface area contributed by atoms with E-state index in [4.69, 9.17) is 11.6 Å². The standard InChI is InChI=1S/C12H18ClN3/c1-16(9-11-3-2-6-14-11)8-10-4-5-12(13)15-7-10/h4-5,7,11,14H,2-3,6,8-9H2,1H3/t11-/m0/s1. The van der Waals surface area contributed by atoms with E-state index >= 15 is 0 Å². The molecule has 2 heterocycles. The van der Waals surface area contributed by atoms with Crippen LogP contribution in [0.15, 0.2) is 18.3 Å². The van der Waals surface area contributed by atoms with E-state index in [0.717, 1.165) is 13.1 Å². The van der Waals surface area contributed by atoms with Crippen molar-refractivity contribution in [3.63, 3.8) is 0 Å². The van der Waals surface area contributed by atoms with Gasteiger partial charge in [-0.1, -0.05) is 17.7 Å². The van der Waals surface area contributed by atoms with Gasteiger partial charge in [-0.15, -0.1) is 0 Å². The molecule has 3 nitrogen and oxygen atoms in total. The first-order valence-corrected chi connectivity index (χ1v) is 6.14. The molecular formula is C12H18ClN3. The van der Waals surface area contributed by atoms with E-state index in [0.29, 0.717) is 11.2 Å². The number of hydrogen-bond donors (Lipinski definition) is 1. The molecule has 0 bridgehead atoms. The molecule has 88 valence electrons. The number of nitrogens with one attached hydrogen (secondary N) is 1. The summed E-state index contributed by atoms with van der Waals surface area (Å²) in [6, 6.07) is 4.54. The van der Waals surface area contributed by atoms with Crippen LogP contribution in [0.2, 0.25) is 5.15 Å². The van der Waals surface area contributed by atoms with Crippen LogP contribution in [0.25, 0.3) is 0 Å². The lowest BCUT2D eigenvalue weighted by Gasteiger charge is -2.20. The zero-order valence-electron chi connectivity index (χ0n) is 9.62. The summed E-state index contributed by atoms with van der Waals surface area (Å²) in [7, 11) is 2.15. The number of aromatic nitrogens is 1. The molecule has 1 aliphatic rings. The van der Waals surface area contributed by atoms with Crippen molar-refractivity contribution >= 4 is 11.6 Å². The summed E-state index contributed by atoms with van der Waals surface area (Å²) in [6.45, 7) is 3.20. The highest BCUT2D eigenvalue weighted by Gasteiger charge is 2.15. The summed E-state index contributed by atoms with van der Waals surface area (Å²) in [6.07, 6.45) is 4.45. The number of hydrogen-bond acceptors (Lipinski definition) is 3. The highest BCUT2D eigenvalue weighted by atomic mass is 35.5. The minimum absolute atomic E-state index is 0.559. The van der Waals surface area contributed by atoms with Gasteiger partial charge in [0.1, 0.15) is 5.15 Å². The maximum absolute atomic E-state index is 5.75. The van der Waals surface area contributed by atoms with Crippen LogP contribution in [0.4, 0.5) is 0 Å². The van der Waals surface area contributed by atoms with Gasteiger partial charge in [0.25, 0.3) is 0 Å². The minimum atomic E-state index is 0.559. The molecule has 1 atom stereocenters. The van der Waals surface area contributed by atoms with Crippen molar-refractivity contribution in [1.29, 1.82) is 0 Å². The van der Waals surface area contributed by atoms with Crippen LogP contribution < -0.4 is 5.32 Å². The van der Waals surface area contributed by atoms with E-state index < -0.39 is 0 Å². The summed E-state index contributed by atoms with van der Waals surface area (Å²) in [5.41, 5.74) is 1.21. The molecule has 0 radical (unpaired) electrons. The Morgan fingerprint density at radius 2 is 2.44 bits per heavy atom. The first-order chi connectivity index (χ1) is 7.74. The predicted molar refractivity (Wildman–Crippen MR) is 66.6 cm³/mol. The normalized spacial score (nSPS) is 20.6. The molecule has 0 saturated carbocycles. The summed E-state index contributed by atoms with van der Waals surface area (Å²) in [5, 5.41) is 4.06. The Morgan fingerprint density at radius 3 is 3.06 bits per heavy atom. The molecule has 0 amide bonds. The fraction of sp³-hybridized carbons (Fsp3) is 0.583. The Hall–Kier alpha value is -0.640. The van der Waals surface area contributed by atoms with Crippen LogP contribution in [-0.4, -0.2) is 36.1 Å². The van der Waals surface area contributed by atoms with Gasteiger partial charge >= 0.3 is 0 Å². The molecule has 16 heavy (non-hydrogen) atoms. The third-order valence-corrected chi connectivity index (χ3v) is 3.16. The van der Waals surface area contributed by atoms with Gasteiger partial charge in [0.2, 0.25) is 0 Å². The van der Waals surface area contributed by atoms with Gasteiger partial charge in [0, 0.05) is 25.3 Å². The average Bonchev–Trinajstić information content (AvgIpc) is 2.74. The third kappa shape index (κ3) is 3.44. The van der Waals surface area contributed by atoms with Crippen molar-refractivity contribution in [2.75, 3.05) is 20.1 Å². The Balaban J connectivity index is 1.81. The third-order valence-electron chi connectivity index (χ3n) is 2.94. The summed E-state index contributed by atoms with van der Waals surface area (Å²) < 4.78 is 0. The summed E-state index contributed by atoms with van der Waals surface area (Å²) in [4.78, 5) is 6.41. The van der Waals surface area contributed by atoms with Gasteiger partial charge in [0.15, 0.2) is 0 Å². The van der Waals surface area contributed by atoms with E-state index in [1.807, 2.05) is 18.3 Å². The Morgan fingerprint density at radius 1 is 1.56 bits per heavy atom. The molecule has 0 spiro atoms. The molecule has 0 aromatic carbocycles. The number of halogens is 1. The molecule has 2 rings (SSSR count). The first-order valence-electron chi connectivity index (χ1n) is 5.76. The van der Waals surface area contributed by atoms with Crippen molar-refractivity contribution < 1.29 is 0 Å². The van der Waals surface area contributed by atoms with Gasteiger partial charge in [-0.05, 0) is 38.1 Å². The topological polar surface area (TPSA) is 28.2 Å². The van der Waals surface area contributed by atoms with Crippen molar-refractivity contribution in [3.05, 3.63) is 29.0 Å². The smallest absolute Gasteiger partial charge is 0.129 e. The zero-order valence-corrected chi connectivity index (χ0v) is 10.4. The molecule has 1 aromatic heterocycles. The molecule has 1 fully saturated rings. The monoisotopic (exact) mass is 239 g/mol. The van der Waals surface area contributed by atoms with Crippen LogP contribution in [0.5, 0.6) is 0 Å². The summed E-state index contributed by atoms with van der Waals surface area (Å²) in [5.74, 6) is 0. The zero-order chi connectivity index (χ0) is 11.4. The van der Waals surface area contributed by atoms with Crippen molar-refractivity contribution in [2.24, 2.45) is 0 Å². The second-order valence-corrected chi connectivity index (χ2v) is 4.87. The van der Waals surface area contributed by atoms with Gasteiger partial charge in [-0.3, -0.25) is 0 Å². The van der Waals surface area contributed by atoms with E-state index in [9.17, 15) is 0 Å². The van der Waals surface area contributed by atoms with E-state index in [1.54, 1.807) is 0 Å². The quantitative estimate of drug-likeness (QED) is 0.814. The fourth-order valence-corrected chi connectivity index (χ4v) is 2.28. The molecular weight excluding hydrogens is 222 g/mol. The summed E-state index contributed by atoms with van der Waals surface area (Å²) >= 11 is 5.75. The molecule has 1 saturated heterocycles. The maximum Gasteiger partial charge on any atom is 0.129 e. The lowest BCUT2D eigenvalue weighted by Crippen LogP contribution is -2.34. The Bertz CT molecular complexity index is 320. The van der Waals surface area contributed by atoms with Crippen LogP contribution >= 0.6 is 11.6 Å². The molecule has 1 aliphatic heterocycles. The van der Waals surface area contributed by atoms with Gasteiger partial charge in [-0.25, -0.2) is 4.98 Å².